The number of nitrogens with zero attached hydrogens (tertiary/aromatic N) is 3. The summed E-state index contributed by atoms with van der Waals surface area (Å²) in [6.45, 7) is 6.21. The van der Waals surface area contributed by atoms with Gasteiger partial charge in [0.2, 0.25) is 5.91 Å². The Labute approximate surface area is 257 Å². The molecule has 234 valence electrons. The highest BCUT2D eigenvalue weighted by atomic mass is 19.1. The molecule has 1 aromatic heterocycles. The Morgan fingerprint density at radius 1 is 1.05 bits per heavy atom. The summed E-state index contributed by atoms with van der Waals surface area (Å²) in [7, 11) is 0. The van der Waals surface area contributed by atoms with Gasteiger partial charge < -0.3 is 19.3 Å². The first-order valence-electron chi connectivity index (χ1n) is 16.0. The molecule has 8 rings (SSSR count). The van der Waals surface area contributed by atoms with Crippen LogP contribution in [-0.2, 0) is 15.9 Å². The predicted octanol–water partition coefficient (Wildman–Crippen LogP) is 7.41. The molecule has 0 unspecified atom stereocenters. The number of aliphatic hydroxyl groups is 1. The number of rotatable bonds is 9. The number of fused-ring (bicyclic) bond motifs is 3. The summed E-state index contributed by atoms with van der Waals surface area (Å²) in [5, 5.41) is 14.7. The number of ether oxygens (including phenoxy) is 1. The van der Waals surface area contributed by atoms with Crippen molar-refractivity contribution in [3.05, 3.63) is 60.0 Å². The van der Waals surface area contributed by atoms with E-state index >= 15 is 4.39 Å². The molecule has 5 fully saturated rings. The molecule has 3 aromatic rings. The lowest BCUT2D eigenvalue weighted by atomic mass is 9.53. The van der Waals surface area contributed by atoms with Crippen LogP contribution in [0.25, 0.3) is 11.1 Å². The van der Waals surface area contributed by atoms with E-state index in [-0.39, 0.29) is 40.5 Å². The Morgan fingerprint density at radius 2 is 1.70 bits per heavy atom. The number of hydrogen-bond donors (Lipinski definition) is 1. The highest BCUT2D eigenvalue weighted by Gasteiger charge is 2.55. The maximum absolute atomic E-state index is 15.2. The van der Waals surface area contributed by atoms with E-state index in [0.717, 1.165) is 38.5 Å². The fourth-order valence-electron chi connectivity index (χ4n) is 7.70. The van der Waals surface area contributed by atoms with E-state index in [9.17, 15) is 14.3 Å². The molecule has 2 bridgehead atoms. The van der Waals surface area contributed by atoms with Gasteiger partial charge in [0.15, 0.2) is 11.5 Å². The molecule has 1 heterocycles. The van der Waals surface area contributed by atoms with Gasteiger partial charge in [0.05, 0.1) is 11.7 Å². The first kappa shape index (κ1) is 29.4. The van der Waals surface area contributed by atoms with Gasteiger partial charge in [-0.25, -0.2) is 8.78 Å². The van der Waals surface area contributed by atoms with E-state index in [1.54, 1.807) is 19.1 Å². The molecule has 0 aliphatic heterocycles. The summed E-state index contributed by atoms with van der Waals surface area (Å²) in [4.78, 5) is 20.4. The minimum atomic E-state index is -1.44. The summed E-state index contributed by atoms with van der Waals surface area (Å²) in [6.07, 6.45) is 6.95. The highest BCUT2D eigenvalue weighted by molar-refractivity contribution is 5.96. The summed E-state index contributed by atoms with van der Waals surface area (Å²) in [5.74, 6) is 0.805. The van der Waals surface area contributed by atoms with Crippen LogP contribution in [0.15, 0.2) is 47.0 Å². The second kappa shape index (κ2) is 10.4. The van der Waals surface area contributed by atoms with Crippen molar-refractivity contribution in [1.29, 1.82) is 0 Å². The molecule has 9 heteroatoms. The van der Waals surface area contributed by atoms with Crippen molar-refractivity contribution in [2.45, 2.75) is 108 Å². The first-order valence-corrected chi connectivity index (χ1v) is 16.0. The molecular formula is C35H41F2N3O4. The molecular weight excluding hydrogens is 564 g/mol. The van der Waals surface area contributed by atoms with Crippen molar-refractivity contribution in [3.63, 3.8) is 0 Å². The van der Waals surface area contributed by atoms with Crippen molar-refractivity contribution < 1.29 is 27.9 Å². The van der Waals surface area contributed by atoms with Crippen LogP contribution in [-0.4, -0.2) is 39.4 Å². The number of carbonyl (C=O) groups excluding carboxylic acids is 1. The van der Waals surface area contributed by atoms with E-state index in [4.69, 9.17) is 9.26 Å². The highest BCUT2D eigenvalue weighted by Crippen LogP contribution is 2.58. The molecule has 0 radical (unpaired) electrons. The molecule has 0 spiro atoms. The minimum Gasteiger partial charge on any atom is -0.491 e. The Hall–Kier alpha value is -3.33. The zero-order valence-corrected chi connectivity index (χ0v) is 25.7. The van der Waals surface area contributed by atoms with Gasteiger partial charge in [-0.05, 0) is 126 Å². The van der Waals surface area contributed by atoms with Gasteiger partial charge in [0.25, 0.3) is 5.89 Å². The number of anilines is 1. The maximum Gasteiger partial charge on any atom is 0.264 e. The third-order valence-corrected chi connectivity index (χ3v) is 10.7. The minimum absolute atomic E-state index is 0.0213. The standard InChI is InChI=1S/C35H41F2N3O4/c1-22(2)43-26-7-4-23(5-8-26)27-18-25(6-9-28(27)36)40(29(41)24-19-32(3,42)20-24)21-33-10-13-34(14-11-33,15-12-33)30-38-31(44-39-30)35(37)16-17-35/h4-9,18,22,24,42H,10-17,19-21H2,1-3H3/t24-,32+,33?,34?. The molecule has 2 aromatic carbocycles. The molecule has 1 amide bonds. The number of alkyl halides is 1. The lowest BCUT2D eigenvalue weighted by molar-refractivity contribution is -0.137. The Morgan fingerprint density at radius 3 is 2.30 bits per heavy atom. The lowest BCUT2D eigenvalue weighted by Crippen LogP contribution is -2.54. The average Bonchev–Trinajstić information content (AvgIpc) is 3.53. The quantitative estimate of drug-likeness (QED) is 0.273. The maximum atomic E-state index is 15.2. The second-order valence-electron chi connectivity index (χ2n) is 14.6. The number of amides is 1. The Bertz CT molecular complexity index is 1530. The molecule has 0 saturated heterocycles. The van der Waals surface area contributed by atoms with Crippen LogP contribution in [0.4, 0.5) is 14.5 Å². The average molecular weight is 606 g/mol. The van der Waals surface area contributed by atoms with Gasteiger partial charge in [-0.2, -0.15) is 4.98 Å². The van der Waals surface area contributed by atoms with Crippen LogP contribution in [0.5, 0.6) is 5.75 Å². The van der Waals surface area contributed by atoms with Crippen molar-refractivity contribution in [1.82, 2.24) is 10.1 Å². The fourth-order valence-corrected chi connectivity index (χ4v) is 7.70. The van der Waals surface area contributed by atoms with E-state index < -0.39 is 11.3 Å². The van der Waals surface area contributed by atoms with E-state index in [1.807, 2.05) is 43.0 Å². The Balaban J connectivity index is 1.14. The fraction of sp³-hybridized carbons (Fsp3) is 0.571. The smallest absolute Gasteiger partial charge is 0.264 e. The van der Waals surface area contributed by atoms with Gasteiger partial charge in [-0.1, -0.05) is 17.3 Å². The van der Waals surface area contributed by atoms with E-state index in [1.165, 1.54) is 6.07 Å². The molecule has 5 aliphatic rings. The van der Waals surface area contributed by atoms with Gasteiger partial charge in [-0.3, -0.25) is 4.79 Å². The van der Waals surface area contributed by atoms with Crippen molar-refractivity contribution in [3.8, 4) is 16.9 Å². The summed E-state index contributed by atoms with van der Waals surface area (Å²) < 4.78 is 41.0. The number of aromatic nitrogens is 2. The molecule has 5 saturated carbocycles. The zero-order valence-electron chi connectivity index (χ0n) is 25.7. The van der Waals surface area contributed by atoms with Gasteiger partial charge in [-0.15, -0.1) is 0 Å². The normalized spacial score (nSPS) is 30.2. The molecule has 0 atom stereocenters. The second-order valence-corrected chi connectivity index (χ2v) is 14.6. The first-order chi connectivity index (χ1) is 20.9. The number of carbonyl (C=O) groups is 1. The van der Waals surface area contributed by atoms with Gasteiger partial charge >= 0.3 is 0 Å². The summed E-state index contributed by atoms with van der Waals surface area (Å²) in [6, 6.07) is 12.3. The van der Waals surface area contributed by atoms with Gasteiger partial charge in [0.1, 0.15) is 11.6 Å². The van der Waals surface area contributed by atoms with Crippen LogP contribution < -0.4 is 9.64 Å². The van der Waals surface area contributed by atoms with Crippen molar-refractivity contribution >= 4 is 11.6 Å². The topological polar surface area (TPSA) is 88.7 Å². The van der Waals surface area contributed by atoms with E-state index in [0.29, 0.717) is 60.6 Å². The Kier molecular flexibility index (Phi) is 6.92. The largest absolute Gasteiger partial charge is 0.491 e. The predicted molar refractivity (Wildman–Crippen MR) is 161 cm³/mol. The molecule has 1 N–H and O–H groups in total. The van der Waals surface area contributed by atoms with Crippen molar-refractivity contribution in [2.24, 2.45) is 11.3 Å². The van der Waals surface area contributed by atoms with E-state index in [2.05, 4.69) is 10.1 Å². The van der Waals surface area contributed by atoms with Crippen LogP contribution in [0.3, 0.4) is 0 Å². The third-order valence-electron chi connectivity index (χ3n) is 10.7. The molecule has 44 heavy (non-hydrogen) atoms. The molecule has 7 nitrogen and oxygen atoms in total. The lowest BCUT2D eigenvalue weighted by Gasteiger charge is -2.54. The summed E-state index contributed by atoms with van der Waals surface area (Å²) in [5.41, 5.74) is -0.801. The summed E-state index contributed by atoms with van der Waals surface area (Å²) >= 11 is 0. The SMILES string of the molecule is CC(C)Oc1ccc(-c2cc(N(CC34CCC(c5noc(C6(F)CC6)n5)(CC3)CC4)C(=O)[C@H]3C[C@@](C)(O)C3)ccc2F)cc1. The zero-order chi connectivity index (χ0) is 30.9. The van der Waals surface area contributed by atoms with Crippen LogP contribution in [0.2, 0.25) is 0 Å². The van der Waals surface area contributed by atoms with Crippen LogP contribution in [0, 0.1) is 17.2 Å². The van der Waals surface area contributed by atoms with Crippen LogP contribution in [0.1, 0.15) is 96.7 Å². The number of hydrogen-bond acceptors (Lipinski definition) is 6. The van der Waals surface area contributed by atoms with Crippen LogP contribution >= 0.6 is 0 Å². The number of halogens is 2. The van der Waals surface area contributed by atoms with Gasteiger partial charge in [0, 0.05) is 29.1 Å². The third kappa shape index (κ3) is 5.31. The number of benzene rings is 2. The monoisotopic (exact) mass is 605 g/mol. The van der Waals surface area contributed by atoms with Crippen molar-refractivity contribution in [2.75, 3.05) is 11.4 Å². The molecule has 5 aliphatic carbocycles.